The van der Waals surface area contributed by atoms with E-state index in [9.17, 15) is 0 Å². The fourth-order valence-corrected chi connectivity index (χ4v) is 5.92. The standard InChI is InChI=1S/C12H14Br2S/c1-6-5-9(15-12(6)14)11(13)10-7-3-2-4-8(7)10/h5,7-8,10-11H,2-4H2,1H3. The molecule has 1 aromatic heterocycles. The Morgan fingerprint density at radius 2 is 2.07 bits per heavy atom. The SMILES string of the molecule is Cc1cc(C(Br)C2C3CCCC32)sc1Br. The lowest BCUT2D eigenvalue weighted by molar-refractivity contribution is 0.586. The summed E-state index contributed by atoms with van der Waals surface area (Å²) in [4.78, 5) is 2.13. The van der Waals surface area contributed by atoms with E-state index < -0.39 is 0 Å². The Bertz CT molecular complexity index is 355. The van der Waals surface area contributed by atoms with Gasteiger partial charge in [-0.3, -0.25) is 0 Å². The third-order valence-electron chi connectivity index (χ3n) is 3.96. The summed E-state index contributed by atoms with van der Waals surface area (Å²) in [7, 11) is 0. The molecule has 82 valence electrons. The molecule has 2 saturated carbocycles. The maximum absolute atomic E-state index is 3.91. The van der Waals surface area contributed by atoms with Crippen molar-refractivity contribution >= 4 is 43.2 Å². The van der Waals surface area contributed by atoms with Gasteiger partial charge in [-0.1, -0.05) is 22.4 Å². The molecule has 0 aromatic carbocycles. The van der Waals surface area contributed by atoms with E-state index in [1.165, 1.54) is 33.5 Å². The summed E-state index contributed by atoms with van der Waals surface area (Å²) in [5.41, 5.74) is 1.38. The number of aryl methyl sites for hydroxylation is 1. The van der Waals surface area contributed by atoms with Crippen molar-refractivity contribution in [2.24, 2.45) is 17.8 Å². The van der Waals surface area contributed by atoms with E-state index in [1.807, 2.05) is 11.3 Å². The molecule has 15 heavy (non-hydrogen) atoms. The van der Waals surface area contributed by atoms with E-state index >= 15 is 0 Å². The maximum Gasteiger partial charge on any atom is 0.0730 e. The van der Waals surface area contributed by atoms with Gasteiger partial charge in [0.05, 0.1) is 8.61 Å². The van der Waals surface area contributed by atoms with Gasteiger partial charge < -0.3 is 0 Å². The van der Waals surface area contributed by atoms with Crippen LogP contribution in [0.2, 0.25) is 0 Å². The van der Waals surface area contributed by atoms with Gasteiger partial charge in [-0.2, -0.15) is 0 Å². The number of fused-ring (bicyclic) bond motifs is 1. The van der Waals surface area contributed by atoms with Crippen LogP contribution in [0.15, 0.2) is 9.85 Å². The van der Waals surface area contributed by atoms with E-state index in [1.54, 1.807) is 0 Å². The third kappa shape index (κ3) is 1.75. The molecule has 0 radical (unpaired) electrons. The fraction of sp³-hybridized carbons (Fsp3) is 0.667. The van der Waals surface area contributed by atoms with E-state index in [2.05, 4.69) is 44.8 Å². The van der Waals surface area contributed by atoms with Crippen LogP contribution in [0.4, 0.5) is 0 Å². The second-order valence-electron chi connectivity index (χ2n) is 4.84. The molecule has 0 aliphatic heterocycles. The first kappa shape index (κ1) is 10.8. The molecule has 3 unspecified atom stereocenters. The van der Waals surface area contributed by atoms with Gasteiger partial charge in [0.1, 0.15) is 0 Å². The Hall–Kier alpha value is 0.660. The topological polar surface area (TPSA) is 0 Å². The zero-order valence-corrected chi connectivity index (χ0v) is 12.7. The largest absolute Gasteiger partial charge is 0.132 e. The van der Waals surface area contributed by atoms with Crippen LogP contribution in [0.25, 0.3) is 0 Å². The minimum absolute atomic E-state index is 0.614. The summed E-state index contributed by atoms with van der Waals surface area (Å²) in [5.74, 6) is 3.01. The van der Waals surface area contributed by atoms with Crippen molar-refractivity contribution in [3.05, 3.63) is 20.3 Å². The van der Waals surface area contributed by atoms with Crippen molar-refractivity contribution in [3.8, 4) is 0 Å². The van der Waals surface area contributed by atoms with Crippen LogP contribution in [0, 0.1) is 24.7 Å². The average Bonchev–Trinajstić information content (AvgIpc) is 2.59. The minimum Gasteiger partial charge on any atom is -0.132 e. The van der Waals surface area contributed by atoms with Crippen LogP contribution in [-0.2, 0) is 0 Å². The lowest BCUT2D eigenvalue weighted by Gasteiger charge is -2.09. The summed E-state index contributed by atoms with van der Waals surface area (Å²) >= 11 is 9.42. The van der Waals surface area contributed by atoms with Crippen LogP contribution in [0.5, 0.6) is 0 Å². The van der Waals surface area contributed by atoms with E-state index in [0.717, 1.165) is 17.8 Å². The van der Waals surface area contributed by atoms with Crippen LogP contribution >= 0.6 is 43.2 Å². The quantitative estimate of drug-likeness (QED) is 0.635. The predicted octanol–water partition coefficient (Wildman–Crippen LogP) is 5.30. The van der Waals surface area contributed by atoms with E-state index in [0.29, 0.717) is 4.83 Å². The molecule has 3 heteroatoms. The van der Waals surface area contributed by atoms with Gasteiger partial charge in [-0.05, 0) is 65.1 Å². The molecule has 1 heterocycles. The summed E-state index contributed by atoms with van der Waals surface area (Å²) in [5, 5.41) is 0. The molecule has 0 amide bonds. The number of hydrogen-bond acceptors (Lipinski definition) is 1. The molecule has 0 N–H and O–H groups in total. The van der Waals surface area contributed by atoms with Gasteiger partial charge in [0.25, 0.3) is 0 Å². The first-order chi connectivity index (χ1) is 7.18. The van der Waals surface area contributed by atoms with Crippen molar-refractivity contribution in [3.63, 3.8) is 0 Å². The fourth-order valence-electron chi connectivity index (χ4n) is 3.12. The number of rotatable bonds is 2. The van der Waals surface area contributed by atoms with Crippen molar-refractivity contribution in [1.82, 2.24) is 0 Å². The normalized spacial score (nSPS) is 35.3. The summed E-state index contributed by atoms with van der Waals surface area (Å²) in [6.45, 7) is 2.18. The lowest BCUT2D eigenvalue weighted by Crippen LogP contribution is -1.95. The van der Waals surface area contributed by atoms with E-state index in [4.69, 9.17) is 0 Å². The maximum atomic E-state index is 3.91. The third-order valence-corrected chi connectivity index (χ3v) is 7.59. The van der Waals surface area contributed by atoms with Crippen LogP contribution in [0.1, 0.15) is 34.5 Å². The van der Waals surface area contributed by atoms with Crippen LogP contribution < -0.4 is 0 Å². The van der Waals surface area contributed by atoms with Gasteiger partial charge >= 0.3 is 0 Å². The van der Waals surface area contributed by atoms with Gasteiger partial charge in [-0.25, -0.2) is 0 Å². The Morgan fingerprint density at radius 1 is 1.40 bits per heavy atom. The van der Waals surface area contributed by atoms with Crippen molar-refractivity contribution in [1.29, 1.82) is 0 Å². The Morgan fingerprint density at radius 3 is 2.60 bits per heavy atom. The highest BCUT2D eigenvalue weighted by molar-refractivity contribution is 9.11. The number of halogens is 2. The highest BCUT2D eigenvalue weighted by atomic mass is 79.9. The Labute approximate surface area is 112 Å². The predicted molar refractivity (Wildman–Crippen MR) is 72.7 cm³/mol. The second kappa shape index (κ2) is 3.85. The molecule has 3 rings (SSSR count). The monoisotopic (exact) mass is 348 g/mol. The number of thiophene rings is 1. The molecular formula is C12H14Br2S. The molecule has 0 spiro atoms. The zero-order chi connectivity index (χ0) is 10.6. The zero-order valence-electron chi connectivity index (χ0n) is 8.67. The molecule has 0 bridgehead atoms. The van der Waals surface area contributed by atoms with Crippen LogP contribution in [-0.4, -0.2) is 0 Å². The molecule has 3 atom stereocenters. The van der Waals surface area contributed by atoms with Crippen molar-refractivity contribution in [2.75, 3.05) is 0 Å². The summed E-state index contributed by atoms with van der Waals surface area (Å²) in [6.07, 6.45) is 4.42. The van der Waals surface area contributed by atoms with E-state index in [-0.39, 0.29) is 0 Å². The van der Waals surface area contributed by atoms with Crippen molar-refractivity contribution in [2.45, 2.75) is 31.0 Å². The molecular weight excluding hydrogens is 336 g/mol. The number of hydrogen-bond donors (Lipinski definition) is 0. The van der Waals surface area contributed by atoms with Crippen molar-refractivity contribution < 1.29 is 0 Å². The van der Waals surface area contributed by atoms with Gasteiger partial charge in [-0.15, -0.1) is 11.3 Å². The second-order valence-corrected chi connectivity index (χ2v) is 8.23. The first-order valence-electron chi connectivity index (χ1n) is 5.58. The first-order valence-corrected chi connectivity index (χ1v) is 8.11. The van der Waals surface area contributed by atoms with Gasteiger partial charge in [0, 0.05) is 4.88 Å². The highest BCUT2D eigenvalue weighted by Gasteiger charge is 2.55. The highest BCUT2D eigenvalue weighted by Crippen LogP contribution is 2.65. The van der Waals surface area contributed by atoms with Gasteiger partial charge in [0.2, 0.25) is 0 Å². The molecule has 2 fully saturated rings. The summed E-state index contributed by atoms with van der Waals surface area (Å²) in [6, 6.07) is 2.34. The van der Waals surface area contributed by atoms with Gasteiger partial charge in [0.15, 0.2) is 0 Å². The molecule has 0 nitrogen and oxygen atoms in total. The molecule has 2 aliphatic carbocycles. The summed E-state index contributed by atoms with van der Waals surface area (Å²) < 4.78 is 1.30. The average molecular weight is 350 g/mol. The minimum atomic E-state index is 0.614. The smallest absolute Gasteiger partial charge is 0.0730 e. The molecule has 2 aliphatic rings. The molecule has 1 aromatic rings. The lowest BCUT2D eigenvalue weighted by atomic mass is 10.1. The number of alkyl halides is 1. The Balaban J connectivity index is 1.77. The van der Waals surface area contributed by atoms with Crippen LogP contribution in [0.3, 0.4) is 0 Å². The molecule has 0 saturated heterocycles. The Kier molecular flexibility index (Phi) is 2.77.